The summed E-state index contributed by atoms with van der Waals surface area (Å²) >= 11 is 6.38. The van der Waals surface area contributed by atoms with Crippen molar-refractivity contribution in [2.75, 3.05) is 0 Å². The largest absolute Gasteiger partial charge is 0.394 e. The van der Waals surface area contributed by atoms with Crippen molar-refractivity contribution >= 4 is 20.9 Å². The van der Waals surface area contributed by atoms with Gasteiger partial charge in [-0.1, -0.05) is 12.2 Å². The van der Waals surface area contributed by atoms with Crippen molar-refractivity contribution in [3.8, 4) is 0 Å². The quantitative estimate of drug-likeness (QED) is 0.435. The van der Waals surface area contributed by atoms with Gasteiger partial charge in [0.1, 0.15) is 0 Å². The number of allylic oxidation sites excluding steroid dienone is 2. The average Bonchev–Trinajstić information content (AvgIpc) is 2.73. The van der Waals surface area contributed by atoms with E-state index >= 15 is 0 Å². The first kappa shape index (κ1) is 13.6. The van der Waals surface area contributed by atoms with E-state index < -0.39 is 9.28 Å². The Labute approximate surface area is 111 Å². The molecule has 2 aliphatic carbocycles. The highest BCUT2D eigenvalue weighted by molar-refractivity contribution is 6.50. The van der Waals surface area contributed by atoms with Crippen LogP contribution in [0.25, 0.3) is 0 Å². The van der Waals surface area contributed by atoms with Gasteiger partial charge in [-0.05, 0) is 46.5 Å². The lowest BCUT2D eigenvalue weighted by molar-refractivity contribution is 0.115. The van der Waals surface area contributed by atoms with Crippen LogP contribution in [0.4, 0.5) is 0 Å². The minimum absolute atomic E-state index is 0.144. The number of hydrogen-bond acceptors (Lipinski definition) is 2. The number of fused-ring (bicyclic) bond motifs is 2. The van der Waals surface area contributed by atoms with E-state index in [-0.39, 0.29) is 22.6 Å². The molecule has 2 aliphatic rings. The maximum absolute atomic E-state index is 6.38. The van der Waals surface area contributed by atoms with E-state index in [9.17, 15) is 0 Å². The average molecular weight is 275 g/mol. The Morgan fingerprint density at radius 1 is 1.18 bits per heavy atom. The molecular weight excluding hydrogens is 252 g/mol. The summed E-state index contributed by atoms with van der Waals surface area (Å²) in [6.45, 7) is 8.35. The fraction of sp³-hybridized carbons (Fsp3) is 0.846. The minimum Gasteiger partial charge on any atom is -0.394 e. The molecule has 0 aliphatic heterocycles. The van der Waals surface area contributed by atoms with Crippen molar-refractivity contribution in [2.45, 2.75) is 63.2 Å². The predicted molar refractivity (Wildman–Crippen MR) is 73.8 cm³/mol. The van der Waals surface area contributed by atoms with E-state index in [4.69, 9.17) is 20.5 Å². The molecule has 98 valence electrons. The molecule has 0 aromatic heterocycles. The summed E-state index contributed by atoms with van der Waals surface area (Å²) in [6, 6.07) is 0. The third-order valence-electron chi connectivity index (χ3n) is 3.59. The first-order chi connectivity index (χ1) is 7.93. The molecule has 4 heteroatoms. The molecule has 0 aromatic carbocycles. The molecule has 2 bridgehead atoms. The van der Waals surface area contributed by atoms with Gasteiger partial charge < -0.3 is 8.85 Å². The molecule has 17 heavy (non-hydrogen) atoms. The van der Waals surface area contributed by atoms with Crippen LogP contribution in [0.3, 0.4) is 0 Å². The highest BCUT2D eigenvalue weighted by atomic mass is 35.5. The first-order valence-electron chi connectivity index (χ1n) is 6.57. The maximum Gasteiger partial charge on any atom is 0.332 e. The molecule has 3 atom stereocenters. The highest BCUT2D eigenvalue weighted by Crippen LogP contribution is 2.58. The second-order valence-electron chi connectivity index (χ2n) is 5.88. The predicted octanol–water partition coefficient (Wildman–Crippen LogP) is 3.38. The van der Waals surface area contributed by atoms with Crippen LogP contribution in [0.1, 0.15) is 40.5 Å². The van der Waals surface area contributed by atoms with E-state index in [1.54, 1.807) is 0 Å². The van der Waals surface area contributed by atoms with Crippen LogP contribution in [0.5, 0.6) is 0 Å². The molecule has 0 amide bonds. The van der Waals surface area contributed by atoms with E-state index in [0.717, 1.165) is 12.8 Å². The molecule has 0 spiro atoms. The number of halogens is 1. The topological polar surface area (TPSA) is 18.5 Å². The van der Waals surface area contributed by atoms with E-state index in [1.165, 1.54) is 0 Å². The van der Waals surface area contributed by atoms with E-state index in [0.29, 0.717) is 5.92 Å². The van der Waals surface area contributed by atoms with Crippen LogP contribution in [-0.4, -0.2) is 26.9 Å². The summed E-state index contributed by atoms with van der Waals surface area (Å²) in [4.78, 5) is 0. The van der Waals surface area contributed by atoms with Gasteiger partial charge >= 0.3 is 9.28 Å². The Hall–Kier alpha value is 0.167. The van der Waals surface area contributed by atoms with Gasteiger partial charge in [0.15, 0.2) is 0 Å². The van der Waals surface area contributed by atoms with Gasteiger partial charge in [-0.25, -0.2) is 0 Å². The van der Waals surface area contributed by atoms with Crippen molar-refractivity contribution in [1.29, 1.82) is 0 Å². The minimum atomic E-state index is -1.71. The lowest BCUT2D eigenvalue weighted by Crippen LogP contribution is -2.39. The van der Waals surface area contributed by atoms with Crippen LogP contribution >= 0.6 is 11.6 Å². The van der Waals surface area contributed by atoms with E-state index in [1.807, 2.05) is 0 Å². The van der Waals surface area contributed by atoms with Gasteiger partial charge in [0, 0.05) is 22.6 Å². The van der Waals surface area contributed by atoms with Gasteiger partial charge in [0.05, 0.1) is 0 Å². The van der Waals surface area contributed by atoms with Gasteiger partial charge in [-0.15, -0.1) is 11.6 Å². The molecule has 0 heterocycles. The Morgan fingerprint density at radius 2 is 1.76 bits per heavy atom. The lowest BCUT2D eigenvalue weighted by atomic mass is 10.1. The van der Waals surface area contributed by atoms with Crippen molar-refractivity contribution in [3.05, 3.63) is 12.2 Å². The zero-order chi connectivity index (χ0) is 12.6. The van der Waals surface area contributed by atoms with Crippen molar-refractivity contribution in [3.63, 3.8) is 0 Å². The summed E-state index contributed by atoms with van der Waals surface area (Å²) < 4.78 is 12.2. The van der Waals surface area contributed by atoms with Crippen LogP contribution in [0.15, 0.2) is 12.2 Å². The summed E-state index contributed by atoms with van der Waals surface area (Å²) in [5.41, 5.74) is 0. The summed E-state index contributed by atoms with van der Waals surface area (Å²) in [7, 11) is -1.71. The summed E-state index contributed by atoms with van der Waals surface area (Å²) in [5, 5.41) is 0.424. The second kappa shape index (κ2) is 5.04. The summed E-state index contributed by atoms with van der Waals surface area (Å²) in [6.07, 6.45) is 7.25. The molecular formula is C13H23ClO2Si. The van der Waals surface area contributed by atoms with Crippen LogP contribution in [0.2, 0.25) is 5.04 Å². The normalized spacial score (nSPS) is 35.8. The first-order valence-corrected chi connectivity index (χ1v) is 8.53. The van der Waals surface area contributed by atoms with Crippen molar-refractivity contribution in [1.82, 2.24) is 0 Å². The van der Waals surface area contributed by atoms with Crippen molar-refractivity contribution in [2.24, 2.45) is 5.92 Å². The maximum atomic E-state index is 6.38. The second-order valence-corrected chi connectivity index (χ2v) is 8.80. The molecule has 3 unspecified atom stereocenters. The molecule has 0 saturated heterocycles. The van der Waals surface area contributed by atoms with Gasteiger partial charge in [0.2, 0.25) is 0 Å². The highest BCUT2D eigenvalue weighted by Gasteiger charge is 2.54. The summed E-state index contributed by atoms with van der Waals surface area (Å²) in [5.74, 6) is 0.540. The van der Waals surface area contributed by atoms with Crippen molar-refractivity contribution < 1.29 is 8.85 Å². The van der Waals surface area contributed by atoms with Gasteiger partial charge in [0.25, 0.3) is 0 Å². The van der Waals surface area contributed by atoms with Gasteiger partial charge in [-0.3, -0.25) is 0 Å². The zero-order valence-electron chi connectivity index (χ0n) is 11.2. The van der Waals surface area contributed by atoms with Gasteiger partial charge in [-0.2, -0.15) is 0 Å². The van der Waals surface area contributed by atoms with Crippen LogP contribution in [0, 0.1) is 5.92 Å². The lowest BCUT2D eigenvalue weighted by Gasteiger charge is -2.34. The Kier molecular flexibility index (Phi) is 4.03. The standard InChI is InChI=1S/C13H23ClO2Si/c1-9(2)15-17(16-10(3)4)13-6-5-11(7-13)12(14)8-13/h5-6,9-12,17H,7-8H2,1-4H3. The third kappa shape index (κ3) is 2.78. The smallest absolute Gasteiger partial charge is 0.332 e. The monoisotopic (exact) mass is 274 g/mol. The number of alkyl halides is 1. The molecule has 2 nitrogen and oxygen atoms in total. The molecule has 2 rings (SSSR count). The number of hydrogen-bond donors (Lipinski definition) is 0. The molecule has 0 radical (unpaired) electrons. The third-order valence-corrected chi connectivity index (χ3v) is 7.26. The molecule has 1 saturated carbocycles. The zero-order valence-corrected chi connectivity index (χ0v) is 13.1. The van der Waals surface area contributed by atoms with Crippen LogP contribution < -0.4 is 0 Å². The Bertz CT molecular complexity index is 296. The van der Waals surface area contributed by atoms with E-state index in [2.05, 4.69) is 39.8 Å². The molecule has 1 fully saturated rings. The Balaban J connectivity index is 2.12. The fourth-order valence-corrected chi connectivity index (χ4v) is 6.26. The van der Waals surface area contributed by atoms with Crippen LogP contribution in [-0.2, 0) is 8.85 Å². The molecule has 0 N–H and O–H groups in total. The fourth-order valence-electron chi connectivity index (χ4n) is 2.87. The Morgan fingerprint density at radius 3 is 2.12 bits per heavy atom. The SMILES string of the molecule is CC(C)O[SiH](OC(C)C)C12C=CC(C1)C(Cl)C2. The molecule has 0 aromatic rings. The number of rotatable bonds is 5.